The van der Waals surface area contributed by atoms with E-state index in [9.17, 15) is 4.39 Å². The van der Waals surface area contributed by atoms with Crippen molar-refractivity contribution in [2.24, 2.45) is 5.73 Å². The molecule has 0 unspecified atom stereocenters. The van der Waals surface area contributed by atoms with E-state index in [0.29, 0.717) is 18.6 Å². The number of aromatic nitrogens is 2. The summed E-state index contributed by atoms with van der Waals surface area (Å²) in [5.74, 6) is 0.687. The standard InChI is InChI=1S/C13H17FN4/c14-10-3-4-12-11(9-10)16-13(18(12)8-5-15)17-6-1-2-7-17/h3-4,9H,1-2,5-8,15H2. The lowest BCUT2D eigenvalue weighted by Crippen LogP contribution is -2.23. The highest BCUT2D eigenvalue weighted by Gasteiger charge is 2.19. The molecule has 0 spiro atoms. The van der Waals surface area contributed by atoms with E-state index in [1.807, 2.05) is 0 Å². The molecule has 0 atom stereocenters. The molecule has 0 saturated carbocycles. The Bertz CT molecular complexity index is 557. The van der Waals surface area contributed by atoms with Gasteiger partial charge in [0.2, 0.25) is 5.95 Å². The van der Waals surface area contributed by atoms with Crippen LogP contribution in [0, 0.1) is 5.82 Å². The first-order chi connectivity index (χ1) is 8.79. The highest BCUT2D eigenvalue weighted by molar-refractivity contribution is 5.79. The third kappa shape index (κ3) is 1.84. The number of fused-ring (bicyclic) bond motifs is 1. The molecule has 18 heavy (non-hydrogen) atoms. The lowest BCUT2D eigenvalue weighted by Gasteiger charge is -2.18. The van der Waals surface area contributed by atoms with Gasteiger partial charge in [-0.25, -0.2) is 9.37 Å². The number of nitrogens with two attached hydrogens (primary N) is 1. The van der Waals surface area contributed by atoms with Gasteiger partial charge in [0.05, 0.1) is 11.0 Å². The van der Waals surface area contributed by atoms with Gasteiger partial charge in [-0.15, -0.1) is 0 Å². The molecule has 96 valence electrons. The Morgan fingerprint density at radius 2 is 2.06 bits per heavy atom. The van der Waals surface area contributed by atoms with E-state index in [1.165, 1.54) is 25.0 Å². The van der Waals surface area contributed by atoms with Crippen LogP contribution in [0.4, 0.5) is 10.3 Å². The second-order valence-electron chi connectivity index (χ2n) is 4.68. The van der Waals surface area contributed by atoms with E-state index in [1.54, 1.807) is 6.07 Å². The molecule has 4 nitrogen and oxygen atoms in total. The molecule has 1 saturated heterocycles. The van der Waals surface area contributed by atoms with Gasteiger partial charge in [0.25, 0.3) is 0 Å². The van der Waals surface area contributed by atoms with Gasteiger partial charge in [0.15, 0.2) is 0 Å². The van der Waals surface area contributed by atoms with Crippen molar-refractivity contribution in [2.75, 3.05) is 24.5 Å². The monoisotopic (exact) mass is 248 g/mol. The van der Waals surface area contributed by atoms with E-state index >= 15 is 0 Å². The Kier molecular flexibility index (Phi) is 2.91. The van der Waals surface area contributed by atoms with Gasteiger partial charge in [-0.05, 0) is 25.0 Å². The molecule has 2 N–H and O–H groups in total. The normalized spacial score (nSPS) is 15.8. The van der Waals surface area contributed by atoms with Gasteiger partial charge < -0.3 is 15.2 Å². The zero-order chi connectivity index (χ0) is 12.5. The molecule has 0 amide bonds. The highest BCUT2D eigenvalue weighted by atomic mass is 19.1. The molecule has 2 aromatic rings. The molecular weight excluding hydrogens is 231 g/mol. The number of nitrogens with zero attached hydrogens (tertiary/aromatic N) is 3. The summed E-state index contributed by atoms with van der Waals surface area (Å²) >= 11 is 0. The van der Waals surface area contributed by atoms with Crippen molar-refractivity contribution >= 4 is 17.0 Å². The molecular formula is C13H17FN4. The van der Waals surface area contributed by atoms with Gasteiger partial charge in [0.1, 0.15) is 5.82 Å². The summed E-state index contributed by atoms with van der Waals surface area (Å²) in [5, 5.41) is 0. The SMILES string of the molecule is NCCn1c(N2CCCC2)nc2cc(F)ccc21. The molecule has 2 heterocycles. The topological polar surface area (TPSA) is 47.1 Å². The van der Waals surface area contributed by atoms with Crippen molar-refractivity contribution in [3.05, 3.63) is 24.0 Å². The summed E-state index contributed by atoms with van der Waals surface area (Å²) in [5.41, 5.74) is 7.34. The summed E-state index contributed by atoms with van der Waals surface area (Å²) < 4.78 is 15.4. The van der Waals surface area contributed by atoms with Crippen molar-refractivity contribution in [1.29, 1.82) is 0 Å². The summed E-state index contributed by atoms with van der Waals surface area (Å²) in [4.78, 5) is 6.82. The first-order valence-corrected chi connectivity index (χ1v) is 6.40. The third-order valence-electron chi connectivity index (χ3n) is 3.43. The highest BCUT2D eigenvalue weighted by Crippen LogP contribution is 2.25. The van der Waals surface area contributed by atoms with E-state index < -0.39 is 0 Å². The molecule has 0 bridgehead atoms. The lowest BCUT2D eigenvalue weighted by atomic mass is 10.3. The number of imidazole rings is 1. The van der Waals surface area contributed by atoms with Crippen LogP contribution in [-0.4, -0.2) is 29.2 Å². The summed E-state index contributed by atoms with van der Waals surface area (Å²) in [6.07, 6.45) is 2.39. The smallest absolute Gasteiger partial charge is 0.206 e. The van der Waals surface area contributed by atoms with E-state index in [2.05, 4.69) is 14.5 Å². The molecule has 0 aliphatic carbocycles. The molecule has 3 rings (SSSR count). The maximum Gasteiger partial charge on any atom is 0.206 e. The van der Waals surface area contributed by atoms with E-state index in [4.69, 9.17) is 5.73 Å². The number of benzene rings is 1. The number of rotatable bonds is 3. The van der Waals surface area contributed by atoms with Gasteiger partial charge >= 0.3 is 0 Å². The molecule has 0 radical (unpaired) electrons. The minimum Gasteiger partial charge on any atom is -0.342 e. The Morgan fingerprint density at radius 1 is 1.28 bits per heavy atom. The Labute approximate surface area is 105 Å². The summed E-state index contributed by atoms with van der Waals surface area (Å²) in [7, 11) is 0. The van der Waals surface area contributed by atoms with E-state index in [0.717, 1.165) is 24.6 Å². The van der Waals surface area contributed by atoms with Crippen LogP contribution < -0.4 is 10.6 Å². The second-order valence-corrected chi connectivity index (χ2v) is 4.68. The first kappa shape index (κ1) is 11.5. The summed E-state index contributed by atoms with van der Waals surface area (Å²) in [6, 6.07) is 4.75. The largest absolute Gasteiger partial charge is 0.342 e. The van der Waals surface area contributed by atoms with Crippen LogP contribution in [0.25, 0.3) is 11.0 Å². The van der Waals surface area contributed by atoms with Crippen molar-refractivity contribution in [2.45, 2.75) is 19.4 Å². The van der Waals surface area contributed by atoms with Crippen LogP contribution in [0.5, 0.6) is 0 Å². The lowest BCUT2D eigenvalue weighted by molar-refractivity contribution is 0.629. The molecule has 1 fully saturated rings. The molecule has 1 aliphatic rings. The molecule has 1 aromatic carbocycles. The quantitative estimate of drug-likeness (QED) is 0.900. The van der Waals surface area contributed by atoms with Gasteiger partial charge in [-0.1, -0.05) is 0 Å². The molecule has 5 heteroatoms. The van der Waals surface area contributed by atoms with Crippen molar-refractivity contribution in [1.82, 2.24) is 9.55 Å². The van der Waals surface area contributed by atoms with Crippen LogP contribution in [0.1, 0.15) is 12.8 Å². The zero-order valence-corrected chi connectivity index (χ0v) is 10.3. The molecule has 1 aromatic heterocycles. The third-order valence-corrected chi connectivity index (χ3v) is 3.43. The van der Waals surface area contributed by atoms with Crippen LogP contribution in [0.15, 0.2) is 18.2 Å². The van der Waals surface area contributed by atoms with Crippen molar-refractivity contribution < 1.29 is 4.39 Å². The van der Waals surface area contributed by atoms with Gasteiger partial charge in [0, 0.05) is 32.2 Å². The Hall–Kier alpha value is -1.62. The summed E-state index contributed by atoms with van der Waals surface area (Å²) in [6.45, 7) is 3.32. The zero-order valence-electron chi connectivity index (χ0n) is 10.3. The predicted molar refractivity (Wildman–Crippen MR) is 70.2 cm³/mol. The minimum atomic E-state index is -0.243. The number of anilines is 1. The predicted octanol–water partition coefficient (Wildman–Crippen LogP) is 1.73. The van der Waals surface area contributed by atoms with Gasteiger partial charge in [-0.2, -0.15) is 0 Å². The second kappa shape index (κ2) is 4.57. The van der Waals surface area contributed by atoms with E-state index in [-0.39, 0.29) is 5.82 Å². The first-order valence-electron chi connectivity index (χ1n) is 6.40. The number of hydrogen-bond donors (Lipinski definition) is 1. The maximum absolute atomic E-state index is 13.3. The number of halogens is 1. The average molecular weight is 248 g/mol. The van der Waals surface area contributed by atoms with Crippen LogP contribution in [0.2, 0.25) is 0 Å². The van der Waals surface area contributed by atoms with Crippen molar-refractivity contribution in [3.63, 3.8) is 0 Å². The fraction of sp³-hybridized carbons (Fsp3) is 0.462. The molecule has 1 aliphatic heterocycles. The average Bonchev–Trinajstić information content (AvgIpc) is 2.97. The Morgan fingerprint density at radius 3 is 2.78 bits per heavy atom. The van der Waals surface area contributed by atoms with Crippen LogP contribution in [0.3, 0.4) is 0 Å². The fourth-order valence-corrected chi connectivity index (χ4v) is 2.60. The van der Waals surface area contributed by atoms with Gasteiger partial charge in [-0.3, -0.25) is 0 Å². The Balaban J connectivity index is 2.13. The fourth-order valence-electron chi connectivity index (χ4n) is 2.60. The number of hydrogen-bond acceptors (Lipinski definition) is 3. The minimum absolute atomic E-state index is 0.243. The van der Waals surface area contributed by atoms with Crippen molar-refractivity contribution in [3.8, 4) is 0 Å². The van der Waals surface area contributed by atoms with Crippen LogP contribution >= 0.6 is 0 Å². The maximum atomic E-state index is 13.3. The van der Waals surface area contributed by atoms with Crippen LogP contribution in [-0.2, 0) is 6.54 Å².